The highest BCUT2D eigenvalue weighted by Gasteiger charge is 2.21. The van der Waals surface area contributed by atoms with E-state index < -0.39 is 11.6 Å². The first-order valence-corrected chi connectivity index (χ1v) is 9.87. The molecule has 1 aromatic carbocycles. The molecule has 0 spiro atoms. The van der Waals surface area contributed by atoms with Crippen LogP contribution in [-0.2, 0) is 16.0 Å². The summed E-state index contributed by atoms with van der Waals surface area (Å²) in [5.74, 6) is -1.70. The predicted molar refractivity (Wildman–Crippen MR) is 101 cm³/mol. The zero-order chi connectivity index (χ0) is 20.1. The van der Waals surface area contributed by atoms with E-state index in [0.29, 0.717) is 35.9 Å². The maximum absolute atomic E-state index is 13.7. The number of rotatable bonds is 6. The molecule has 0 radical (unpaired) electrons. The van der Waals surface area contributed by atoms with Crippen molar-refractivity contribution in [2.45, 2.75) is 38.2 Å². The van der Waals surface area contributed by atoms with Gasteiger partial charge in [-0.1, -0.05) is 6.07 Å². The summed E-state index contributed by atoms with van der Waals surface area (Å²) in [7, 11) is 0. The lowest BCUT2D eigenvalue weighted by atomic mass is 10.1. The fourth-order valence-electron chi connectivity index (χ4n) is 3.00. The second-order valence-electron chi connectivity index (χ2n) is 6.67. The molecule has 1 saturated heterocycles. The van der Waals surface area contributed by atoms with Crippen molar-refractivity contribution in [1.29, 1.82) is 0 Å². The first kappa shape index (κ1) is 20.3. The Morgan fingerprint density at radius 2 is 1.89 bits per heavy atom. The van der Waals surface area contributed by atoms with Crippen LogP contribution in [0.3, 0.4) is 0 Å². The molecule has 1 aromatic heterocycles. The number of hydrogen-bond acceptors (Lipinski definition) is 5. The smallest absolute Gasteiger partial charge is 0.226 e. The molecule has 0 unspecified atom stereocenters. The van der Waals surface area contributed by atoms with Gasteiger partial charge in [0, 0.05) is 49.0 Å². The molecule has 28 heavy (non-hydrogen) atoms. The maximum atomic E-state index is 13.7. The normalized spacial score (nSPS) is 14.9. The minimum atomic E-state index is -0.622. The largest absolute Gasteiger partial charge is 0.393 e. The highest BCUT2D eigenvalue weighted by atomic mass is 32.1. The number of halogens is 2. The third kappa shape index (κ3) is 5.32. The number of benzene rings is 1. The van der Waals surface area contributed by atoms with Gasteiger partial charge in [0.05, 0.1) is 6.10 Å². The minimum Gasteiger partial charge on any atom is -0.393 e. The molecule has 2 N–H and O–H groups in total. The number of likely N-dealkylation sites (tertiary alicyclic amines) is 1. The SMILES string of the molecule is O=C(CCC(=O)N1CCC(O)CC1)Nc1ncc(Cc2c(F)cccc2F)s1. The quantitative estimate of drug-likeness (QED) is 0.769. The Hall–Kier alpha value is -2.39. The van der Waals surface area contributed by atoms with Gasteiger partial charge in [0.15, 0.2) is 5.13 Å². The van der Waals surface area contributed by atoms with Gasteiger partial charge < -0.3 is 15.3 Å². The van der Waals surface area contributed by atoms with E-state index in [1.165, 1.54) is 24.4 Å². The van der Waals surface area contributed by atoms with Crippen LogP contribution in [0, 0.1) is 11.6 Å². The van der Waals surface area contributed by atoms with Crippen molar-refractivity contribution in [3.8, 4) is 0 Å². The summed E-state index contributed by atoms with van der Waals surface area (Å²) in [4.78, 5) is 30.5. The van der Waals surface area contributed by atoms with E-state index >= 15 is 0 Å². The molecule has 2 heterocycles. The highest BCUT2D eigenvalue weighted by Crippen LogP contribution is 2.24. The maximum Gasteiger partial charge on any atom is 0.226 e. The number of thiazole rings is 1. The Bertz CT molecular complexity index is 830. The molecule has 150 valence electrons. The van der Waals surface area contributed by atoms with Gasteiger partial charge in [0.2, 0.25) is 11.8 Å². The van der Waals surface area contributed by atoms with Crippen LogP contribution in [0.5, 0.6) is 0 Å². The first-order chi connectivity index (χ1) is 13.4. The van der Waals surface area contributed by atoms with Gasteiger partial charge in [-0.2, -0.15) is 0 Å². The molecule has 2 aromatic rings. The van der Waals surface area contributed by atoms with Crippen LogP contribution in [0.15, 0.2) is 24.4 Å². The Morgan fingerprint density at radius 1 is 1.21 bits per heavy atom. The van der Waals surface area contributed by atoms with E-state index in [-0.39, 0.29) is 42.7 Å². The van der Waals surface area contributed by atoms with Gasteiger partial charge >= 0.3 is 0 Å². The summed E-state index contributed by atoms with van der Waals surface area (Å²) in [5.41, 5.74) is -0.0405. The van der Waals surface area contributed by atoms with Crippen LogP contribution in [-0.4, -0.2) is 46.0 Å². The number of piperidine rings is 1. The second-order valence-corrected chi connectivity index (χ2v) is 7.78. The van der Waals surface area contributed by atoms with Gasteiger partial charge in [-0.3, -0.25) is 9.59 Å². The summed E-state index contributed by atoms with van der Waals surface area (Å²) in [5, 5.41) is 12.4. The van der Waals surface area contributed by atoms with Crippen LogP contribution in [0.25, 0.3) is 0 Å². The Kier molecular flexibility index (Phi) is 6.69. The lowest BCUT2D eigenvalue weighted by Crippen LogP contribution is -2.40. The number of amides is 2. The van der Waals surface area contributed by atoms with Gasteiger partial charge in [-0.05, 0) is 25.0 Å². The molecule has 0 bridgehead atoms. The van der Waals surface area contributed by atoms with Crippen LogP contribution in [0.1, 0.15) is 36.1 Å². The van der Waals surface area contributed by atoms with E-state index in [0.717, 1.165) is 11.3 Å². The van der Waals surface area contributed by atoms with Crippen molar-refractivity contribution < 1.29 is 23.5 Å². The molecule has 1 aliphatic heterocycles. The third-order valence-electron chi connectivity index (χ3n) is 4.60. The molecule has 1 aliphatic rings. The Balaban J connectivity index is 1.48. The van der Waals surface area contributed by atoms with Crippen molar-refractivity contribution in [3.63, 3.8) is 0 Å². The molecule has 0 saturated carbocycles. The third-order valence-corrected chi connectivity index (χ3v) is 5.51. The van der Waals surface area contributed by atoms with Crippen molar-refractivity contribution in [3.05, 3.63) is 46.5 Å². The number of nitrogens with one attached hydrogen (secondary N) is 1. The van der Waals surface area contributed by atoms with E-state index in [2.05, 4.69) is 10.3 Å². The average Bonchev–Trinajstić information content (AvgIpc) is 3.10. The average molecular weight is 409 g/mol. The van der Waals surface area contributed by atoms with E-state index in [1.54, 1.807) is 4.90 Å². The first-order valence-electron chi connectivity index (χ1n) is 9.05. The van der Waals surface area contributed by atoms with Gasteiger partial charge in [-0.15, -0.1) is 11.3 Å². The van der Waals surface area contributed by atoms with Crippen molar-refractivity contribution in [1.82, 2.24) is 9.88 Å². The van der Waals surface area contributed by atoms with Crippen LogP contribution >= 0.6 is 11.3 Å². The summed E-state index contributed by atoms with van der Waals surface area (Å²) in [6, 6.07) is 3.70. The van der Waals surface area contributed by atoms with Crippen molar-refractivity contribution in [2.75, 3.05) is 18.4 Å². The summed E-state index contributed by atoms with van der Waals surface area (Å²) >= 11 is 1.14. The number of nitrogens with zero attached hydrogens (tertiary/aromatic N) is 2. The number of carbonyl (C=O) groups is 2. The van der Waals surface area contributed by atoms with Crippen LogP contribution < -0.4 is 5.32 Å². The number of carbonyl (C=O) groups excluding carboxylic acids is 2. The number of aliphatic hydroxyl groups excluding tert-OH is 1. The number of aromatic nitrogens is 1. The lowest BCUT2D eigenvalue weighted by molar-refractivity contribution is -0.134. The lowest BCUT2D eigenvalue weighted by Gasteiger charge is -2.29. The number of aliphatic hydroxyl groups is 1. The molecule has 3 rings (SSSR count). The fourth-order valence-corrected chi connectivity index (χ4v) is 3.84. The summed E-state index contributed by atoms with van der Waals surface area (Å²) in [6.07, 6.45) is 2.38. The van der Waals surface area contributed by atoms with Crippen molar-refractivity contribution in [2.24, 2.45) is 0 Å². The highest BCUT2D eigenvalue weighted by molar-refractivity contribution is 7.15. The van der Waals surface area contributed by atoms with Crippen LogP contribution in [0.2, 0.25) is 0 Å². The number of hydrogen-bond donors (Lipinski definition) is 2. The standard InChI is InChI=1S/C19H21F2N3O3S/c20-15-2-1-3-16(21)14(15)10-13-11-22-19(28-13)23-17(26)4-5-18(27)24-8-6-12(25)7-9-24/h1-3,11-12,25H,4-10H2,(H,22,23,26). The molecule has 0 aliphatic carbocycles. The molecular formula is C19H21F2N3O3S. The molecule has 2 amide bonds. The predicted octanol–water partition coefficient (Wildman–Crippen LogP) is 2.71. The topological polar surface area (TPSA) is 82.5 Å². The monoisotopic (exact) mass is 409 g/mol. The van der Waals surface area contributed by atoms with E-state index in [9.17, 15) is 23.5 Å². The summed E-state index contributed by atoms with van der Waals surface area (Å²) < 4.78 is 27.5. The molecule has 6 nitrogen and oxygen atoms in total. The van der Waals surface area contributed by atoms with E-state index in [1.807, 2.05) is 0 Å². The van der Waals surface area contributed by atoms with Gasteiger partial charge in [0.25, 0.3) is 0 Å². The molecular weight excluding hydrogens is 388 g/mol. The Labute approximate surface area is 165 Å². The fraction of sp³-hybridized carbons (Fsp3) is 0.421. The number of anilines is 1. The van der Waals surface area contributed by atoms with Gasteiger partial charge in [0.1, 0.15) is 11.6 Å². The second kappa shape index (κ2) is 9.20. The zero-order valence-electron chi connectivity index (χ0n) is 15.2. The molecule has 9 heteroatoms. The van der Waals surface area contributed by atoms with E-state index in [4.69, 9.17) is 0 Å². The summed E-state index contributed by atoms with van der Waals surface area (Å²) in [6.45, 7) is 1.01. The van der Waals surface area contributed by atoms with Gasteiger partial charge in [-0.25, -0.2) is 13.8 Å². The van der Waals surface area contributed by atoms with Crippen molar-refractivity contribution >= 4 is 28.3 Å². The molecule has 1 fully saturated rings. The zero-order valence-corrected chi connectivity index (χ0v) is 16.0. The minimum absolute atomic E-state index is 0.0226. The molecule has 0 atom stereocenters. The van der Waals surface area contributed by atoms with Crippen LogP contribution in [0.4, 0.5) is 13.9 Å². The Morgan fingerprint density at radius 3 is 2.57 bits per heavy atom.